The van der Waals surface area contributed by atoms with Crippen LogP contribution < -0.4 is 9.47 Å². The van der Waals surface area contributed by atoms with Crippen LogP contribution >= 0.6 is 0 Å². The first-order valence-electron chi connectivity index (χ1n) is 6.05. The number of carboxylic acid groups (broad SMARTS) is 1. The Morgan fingerprint density at radius 1 is 1.21 bits per heavy atom. The highest BCUT2D eigenvalue weighted by Gasteiger charge is 2.05. The number of hydrogen-bond acceptors (Lipinski definition) is 4. The summed E-state index contributed by atoms with van der Waals surface area (Å²) in [5.41, 5.74) is 0.731. The standard InChI is InChI=1S/C14H18O5/c1-3-17-10-19-12-7-5-11(6-8-14(15)16)9-13(12)18-4-2/h5-9H,3-4,10H2,1-2H3,(H,15,16)/b8-6+. The smallest absolute Gasteiger partial charge is 0.328 e. The number of rotatable bonds is 8. The van der Waals surface area contributed by atoms with E-state index in [9.17, 15) is 4.79 Å². The Kier molecular flexibility index (Phi) is 6.46. The summed E-state index contributed by atoms with van der Waals surface area (Å²) in [6, 6.07) is 5.21. The molecule has 1 aromatic rings. The molecule has 19 heavy (non-hydrogen) atoms. The molecular weight excluding hydrogens is 248 g/mol. The molecule has 0 atom stereocenters. The predicted molar refractivity (Wildman–Crippen MR) is 71.4 cm³/mol. The Balaban J connectivity index is 2.84. The second-order valence-corrected chi connectivity index (χ2v) is 3.57. The van der Waals surface area contributed by atoms with Gasteiger partial charge in [0, 0.05) is 12.7 Å². The van der Waals surface area contributed by atoms with E-state index in [-0.39, 0.29) is 6.79 Å². The summed E-state index contributed by atoms with van der Waals surface area (Å²) in [5, 5.41) is 8.59. The third kappa shape index (κ3) is 5.44. The molecule has 1 N–H and O–H groups in total. The van der Waals surface area contributed by atoms with Gasteiger partial charge < -0.3 is 19.3 Å². The van der Waals surface area contributed by atoms with Crippen LogP contribution in [0.1, 0.15) is 19.4 Å². The maximum Gasteiger partial charge on any atom is 0.328 e. The van der Waals surface area contributed by atoms with E-state index in [0.29, 0.717) is 24.7 Å². The van der Waals surface area contributed by atoms with E-state index in [0.717, 1.165) is 11.6 Å². The number of benzene rings is 1. The summed E-state index contributed by atoms with van der Waals surface area (Å²) in [5.74, 6) is 0.146. The number of hydrogen-bond donors (Lipinski definition) is 1. The average molecular weight is 266 g/mol. The van der Waals surface area contributed by atoms with E-state index in [1.54, 1.807) is 18.2 Å². The van der Waals surface area contributed by atoms with Gasteiger partial charge in [-0.05, 0) is 37.6 Å². The predicted octanol–water partition coefficient (Wildman–Crippen LogP) is 2.56. The van der Waals surface area contributed by atoms with Crippen molar-refractivity contribution in [1.29, 1.82) is 0 Å². The lowest BCUT2D eigenvalue weighted by molar-refractivity contribution is -0.131. The monoisotopic (exact) mass is 266 g/mol. The van der Waals surface area contributed by atoms with Gasteiger partial charge in [0.15, 0.2) is 18.3 Å². The Labute approximate surface area is 112 Å². The molecule has 0 fully saturated rings. The van der Waals surface area contributed by atoms with Crippen LogP contribution in [-0.2, 0) is 9.53 Å². The van der Waals surface area contributed by atoms with Crippen molar-refractivity contribution in [2.24, 2.45) is 0 Å². The first kappa shape index (κ1) is 15.0. The average Bonchev–Trinajstić information content (AvgIpc) is 2.39. The minimum absolute atomic E-state index is 0.154. The fourth-order valence-electron chi connectivity index (χ4n) is 1.37. The maximum absolute atomic E-state index is 10.5. The lowest BCUT2D eigenvalue weighted by Crippen LogP contribution is -2.04. The zero-order chi connectivity index (χ0) is 14.1. The third-order valence-corrected chi connectivity index (χ3v) is 2.19. The minimum atomic E-state index is -0.991. The molecule has 5 nitrogen and oxygen atoms in total. The van der Waals surface area contributed by atoms with Crippen LogP contribution in [0.15, 0.2) is 24.3 Å². The summed E-state index contributed by atoms with van der Waals surface area (Å²) in [6.45, 7) is 4.97. The van der Waals surface area contributed by atoms with E-state index in [1.165, 1.54) is 6.08 Å². The summed E-state index contributed by atoms with van der Waals surface area (Å²) in [6.07, 6.45) is 2.57. The largest absolute Gasteiger partial charge is 0.490 e. The van der Waals surface area contributed by atoms with Gasteiger partial charge in [0.1, 0.15) is 0 Å². The molecule has 0 saturated heterocycles. The van der Waals surface area contributed by atoms with Gasteiger partial charge in [-0.1, -0.05) is 6.07 Å². The summed E-state index contributed by atoms with van der Waals surface area (Å²) >= 11 is 0. The molecule has 0 aliphatic rings. The molecule has 0 radical (unpaired) electrons. The number of ether oxygens (including phenoxy) is 3. The van der Waals surface area contributed by atoms with Gasteiger partial charge in [0.25, 0.3) is 0 Å². The van der Waals surface area contributed by atoms with E-state index in [1.807, 2.05) is 13.8 Å². The van der Waals surface area contributed by atoms with Crippen LogP contribution in [0.25, 0.3) is 6.08 Å². The number of carbonyl (C=O) groups is 1. The summed E-state index contributed by atoms with van der Waals surface area (Å²) < 4.78 is 16.0. The molecule has 0 aliphatic carbocycles. The topological polar surface area (TPSA) is 65.0 Å². The molecule has 0 amide bonds. The second-order valence-electron chi connectivity index (χ2n) is 3.57. The Hall–Kier alpha value is -2.01. The first-order valence-corrected chi connectivity index (χ1v) is 6.05. The first-order chi connectivity index (χ1) is 9.17. The fourth-order valence-corrected chi connectivity index (χ4v) is 1.37. The van der Waals surface area contributed by atoms with Crippen molar-refractivity contribution in [3.8, 4) is 11.5 Å². The van der Waals surface area contributed by atoms with Gasteiger partial charge in [-0.2, -0.15) is 0 Å². The van der Waals surface area contributed by atoms with Crippen molar-refractivity contribution >= 4 is 12.0 Å². The quantitative estimate of drug-likeness (QED) is 0.445. The minimum Gasteiger partial charge on any atom is -0.490 e. The van der Waals surface area contributed by atoms with E-state index < -0.39 is 5.97 Å². The van der Waals surface area contributed by atoms with Crippen molar-refractivity contribution in [3.05, 3.63) is 29.8 Å². The SMILES string of the molecule is CCOCOc1ccc(/C=C/C(=O)O)cc1OCC. The lowest BCUT2D eigenvalue weighted by atomic mass is 10.2. The highest BCUT2D eigenvalue weighted by molar-refractivity contribution is 5.85. The van der Waals surface area contributed by atoms with Crippen LogP contribution in [-0.4, -0.2) is 31.1 Å². The zero-order valence-corrected chi connectivity index (χ0v) is 11.1. The van der Waals surface area contributed by atoms with Crippen LogP contribution in [0.4, 0.5) is 0 Å². The van der Waals surface area contributed by atoms with Crippen LogP contribution in [0.3, 0.4) is 0 Å². The Morgan fingerprint density at radius 3 is 2.63 bits per heavy atom. The molecule has 5 heteroatoms. The van der Waals surface area contributed by atoms with Gasteiger partial charge >= 0.3 is 5.97 Å². The highest BCUT2D eigenvalue weighted by atomic mass is 16.7. The van der Waals surface area contributed by atoms with Gasteiger partial charge in [-0.3, -0.25) is 0 Å². The Bertz CT molecular complexity index is 439. The van der Waals surface area contributed by atoms with E-state index in [4.69, 9.17) is 19.3 Å². The molecule has 0 heterocycles. The van der Waals surface area contributed by atoms with Gasteiger partial charge in [0.2, 0.25) is 0 Å². The van der Waals surface area contributed by atoms with Crippen molar-refractivity contribution in [1.82, 2.24) is 0 Å². The molecule has 0 unspecified atom stereocenters. The fraction of sp³-hybridized carbons (Fsp3) is 0.357. The molecule has 1 rings (SSSR count). The Morgan fingerprint density at radius 2 is 2.00 bits per heavy atom. The van der Waals surface area contributed by atoms with Gasteiger partial charge in [0.05, 0.1) is 6.61 Å². The van der Waals surface area contributed by atoms with Gasteiger partial charge in [-0.25, -0.2) is 4.79 Å². The van der Waals surface area contributed by atoms with E-state index >= 15 is 0 Å². The molecular formula is C14H18O5. The van der Waals surface area contributed by atoms with Gasteiger partial charge in [-0.15, -0.1) is 0 Å². The van der Waals surface area contributed by atoms with Crippen molar-refractivity contribution in [2.45, 2.75) is 13.8 Å². The zero-order valence-electron chi connectivity index (χ0n) is 11.1. The van der Waals surface area contributed by atoms with E-state index in [2.05, 4.69) is 0 Å². The van der Waals surface area contributed by atoms with Crippen LogP contribution in [0.2, 0.25) is 0 Å². The van der Waals surface area contributed by atoms with Crippen molar-refractivity contribution < 1.29 is 24.1 Å². The van der Waals surface area contributed by atoms with Crippen molar-refractivity contribution in [2.75, 3.05) is 20.0 Å². The highest BCUT2D eigenvalue weighted by Crippen LogP contribution is 2.29. The number of aliphatic carboxylic acids is 1. The summed E-state index contributed by atoms with van der Waals surface area (Å²) in [7, 11) is 0. The van der Waals surface area contributed by atoms with Crippen LogP contribution in [0, 0.1) is 0 Å². The molecule has 0 spiro atoms. The van der Waals surface area contributed by atoms with Crippen LogP contribution in [0.5, 0.6) is 11.5 Å². The molecule has 0 bridgehead atoms. The molecule has 1 aromatic carbocycles. The molecule has 0 saturated carbocycles. The molecule has 0 aliphatic heterocycles. The lowest BCUT2D eigenvalue weighted by Gasteiger charge is -2.12. The maximum atomic E-state index is 10.5. The number of carboxylic acids is 1. The molecule has 0 aromatic heterocycles. The molecule has 104 valence electrons. The third-order valence-electron chi connectivity index (χ3n) is 2.19. The normalized spacial score (nSPS) is 10.6. The second kappa shape index (κ2) is 8.16. The summed E-state index contributed by atoms with van der Waals surface area (Å²) in [4.78, 5) is 10.5. The van der Waals surface area contributed by atoms with Crippen molar-refractivity contribution in [3.63, 3.8) is 0 Å².